The number of rotatable bonds is 5. The SMILES string of the molecule is COC(=O)c1ccc([C@@H]2C=C(c3cscn3)CCN2C(=O)OCc2ccccc2)cc1. The number of carbonyl (C=O) groups is 2. The van der Waals surface area contributed by atoms with Crippen molar-refractivity contribution >= 4 is 29.0 Å². The molecule has 2 heterocycles. The lowest BCUT2D eigenvalue weighted by Gasteiger charge is -2.34. The molecule has 0 saturated carbocycles. The summed E-state index contributed by atoms with van der Waals surface area (Å²) in [4.78, 5) is 30.9. The standard InChI is InChI=1S/C24H22N2O4S/c1-29-23(27)19-9-7-18(8-10-19)22-13-20(21-15-31-16-25-21)11-12-26(22)24(28)30-14-17-5-3-2-4-6-17/h2-10,13,15-16,22H,11-12,14H2,1H3/t22-/m0/s1. The number of nitrogens with zero attached hydrogens (tertiary/aromatic N) is 2. The van der Waals surface area contributed by atoms with E-state index in [0.717, 1.165) is 22.4 Å². The second kappa shape index (κ2) is 9.57. The van der Waals surface area contributed by atoms with Crippen molar-refractivity contribution in [1.29, 1.82) is 0 Å². The summed E-state index contributed by atoms with van der Waals surface area (Å²) in [5, 5.41) is 2.01. The van der Waals surface area contributed by atoms with Crippen LogP contribution in [0, 0.1) is 0 Å². The van der Waals surface area contributed by atoms with Gasteiger partial charge in [-0.15, -0.1) is 11.3 Å². The molecule has 0 bridgehead atoms. The van der Waals surface area contributed by atoms with Gasteiger partial charge in [-0.2, -0.15) is 0 Å². The monoisotopic (exact) mass is 434 g/mol. The number of hydrogen-bond donors (Lipinski definition) is 0. The molecule has 31 heavy (non-hydrogen) atoms. The summed E-state index contributed by atoms with van der Waals surface area (Å²) in [6, 6.07) is 16.4. The van der Waals surface area contributed by atoms with Crippen LogP contribution in [0.15, 0.2) is 71.6 Å². The van der Waals surface area contributed by atoms with Gasteiger partial charge < -0.3 is 9.47 Å². The van der Waals surface area contributed by atoms with Crippen molar-refractivity contribution in [2.24, 2.45) is 0 Å². The van der Waals surface area contributed by atoms with Crippen LogP contribution in [0.4, 0.5) is 4.79 Å². The first-order valence-corrected chi connectivity index (χ1v) is 10.8. The maximum Gasteiger partial charge on any atom is 0.410 e. The van der Waals surface area contributed by atoms with Crippen molar-refractivity contribution in [3.05, 3.63) is 93.9 Å². The van der Waals surface area contributed by atoms with Gasteiger partial charge in [0.1, 0.15) is 6.61 Å². The molecule has 7 heteroatoms. The van der Waals surface area contributed by atoms with Crippen LogP contribution < -0.4 is 0 Å². The lowest BCUT2D eigenvalue weighted by Crippen LogP contribution is -2.37. The van der Waals surface area contributed by atoms with Crippen LogP contribution in [0.2, 0.25) is 0 Å². The normalized spacial score (nSPS) is 15.8. The van der Waals surface area contributed by atoms with Gasteiger partial charge in [0.15, 0.2) is 0 Å². The summed E-state index contributed by atoms with van der Waals surface area (Å²) in [5.74, 6) is -0.395. The molecule has 0 spiro atoms. The summed E-state index contributed by atoms with van der Waals surface area (Å²) < 4.78 is 10.4. The minimum atomic E-state index is -0.395. The van der Waals surface area contributed by atoms with Crippen LogP contribution in [-0.2, 0) is 16.1 Å². The molecule has 1 aliphatic rings. The third-order valence-electron chi connectivity index (χ3n) is 5.19. The van der Waals surface area contributed by atoms with E-state index in [0.29, 0.717) is 18.5 Å². The van der Waals surface area contributed by atoms with Gasteiger partial charge in [0, 0.05) is 11.9 Å². The summed E-state index contributed by atoms with van der Waals surface area (Å²) >= 11 is 1.54. The minimum Gasteiger partial charge on any atom is -0.465 e. The van der Waals surface area contributed by atoms with Crippen LogP contribution in [-0.4, -0.2) is 35.6 Å². The van der Waals surface area contributed by atoms with Gasteiger partial charge in [0.25, 0.3) is 0 Å². The molecule has 2 aromatic carbocycles. The van der Waals surface area contributed by atoms with Gasteiger partial charge in [0.05, 0.1) is 29.9 Å². The second-order valence-corrected chi connectivity index (χ2v) is 7.83. The fourth-order valence-corrected chi connectivity index (χ4v) is 4.12. The zero-order valence-electron chi connectivity index (χ0n) is 17.1. The van der Waals surface area contributed by atoms with E-state index in [4.69, 9.17) is 9.47 Å². The van der Waals surface area contributed by atoms with Crippen molar-refractivity contribution in [2.75, 3.05) is 13.7 Å². The molecule has 0 N–H and O–H groups in total. The topological polar surface area (TPSA) is 68.7 Å². The van der Waals surface area contributed by atoms with Gasteiger partial charge in [-0.3, -0.25) is 4.90 Å². The lowest BCUT2D eigenvalue weighted by molar-refractivity contribution is 0.0600. The molecule has 1 atom stereocenters. The molecule has 4 rings (SSSR count). The zero-order valence-corrected chi connectivity index (χ0v) is 17.9. The number of benzene rings is 2. The predicted molar refractivity (Wildman–Crippen MR) is 119 cm³/mol. The van der Waals surface area contributed by atoms with Crippen LogP contribution in [0.5, 0.6) is 0 Å². The van der Waals surface area contributed by atoms with E-state index in [2.05, 4.69) is 11.1 Å². The Kier molecular flexibility index (Phi) is 6.43. The van der Waals surface area contributed by atoms with Gasteiger partial charge in [-0.25, -0.2) is 14.6 Å². The Balaban J connectivity index is 1.59. The van der Waals surface area contributed by atoms with Gasteiger partial charge in [-0.1, -0.05) is 48.5 Å². The Hall–Kier alpha value is -3.45. The number of methoxy groups -OCH3 is 1. The van der Waals surface area contributed by atoms with Crippen LogP contribution in [0.3, 0.4) is 0 Å². The first-order valence-electron chi connectivity index (χ1n) is 9.90. The molecular weight excluding hydrogens is 412 g/mol. The number of aromatic nitrogens is 1. The highest BCUT2D eigenvalue weighted by molar-refractivity contribution is 7.07. The number of ether oxygens (including phenoxy) is 2. The van der Waals surface area contributed by atoms with Crippen LogP contribution in [0.1, 0.15) is 39.6 Å². The third kappa shape index (κ3) is 4.83. The van der Waals surface area contributed by atoms with Crippen LogP contribution in [0.25, 0.3) is 5.57 Å². The number of hydrogen-bond acceptors (Lipinski definition) is 6. The van der Waals surface area contributed by atoms with Crippen molar-refractivity contribution < 1.29 is 19.1 Å². The molecule has 0 aliphatic carbocycles. The molecule has 6 nitrogen and oxygen atoms in total. The van der Waals surface area contributed by atoms with Crippen molar-refractivity contribution in [1.82, 2.24) is 9.88 Å². The number of carbonyl (C=O) groups excluding carboxylic acids is 2. The molecule has 3 aromatic rings. The number of amides is 1. The molecule has 0 unspecified atom stereocenters. The second-order valence-electron chi connectivity index (χ2n) is 7.11. The zero-order chi connectivity index (χ0) is 21.6. The van der Waals surface area contributed by atoms with E-state index in [9.17, 15) is 9.59 Å². The Morgan fingerprint density at radius 1 is 1.13 bits per heavy atom. The summed E-state index contributed by atoms with van der Waals surface area (Å²) in [5.41, 5.74) is 6.11. The Morgan fingerprint density at radius 3 is 2.58 bits per heavy atom. The lowest BCUT2D eigenvalue weighted by atomic mass is 9.95. The first kappa shape index (κ1) is 20.8. The van der Waals surface area contributed by atoms with E-state index in [1.165, 1.54) is 7.11 Å². The van der Waals surface area contributed by atoms with Gasteiger partial charge in [-0.05, 0) is 35.3 Å². The molecule has 158 valence electrons. The minimum absolute atomic E-state index is 0.215. The fraction of sp³-hybridized carbons (Fsp3) is 0.208. The molecule has 0 radical (unpaired) electrons. The predicted octanol–water partition coefficient (Wildman–Crippen LogP) is 5.10. The summed E-state index contributed by atoms with van der Waals surface area (Å²) in [6.07, 6.45) is 2.37. The largest absolute Gasteiger partial charge is 0.465 e. The van der Waals surface area contributed by atoms with E-state index < -0.39 is 5.97 Å². The third-order valence-corrected chi connectivity index (χ3v) is 5.78. The van der Waals surface area contributed by atoms with Crippen molar-refractivity contribution in [2.45, 2.75) is 19.1 Å². The van der Waals surface area contributed by atoms with Crippen molar-refractivity contribution in [3.8, 4) is 0 Å². The first-order chi connectivity index (χ1) is 15.2. The van der Waals surface area contributed by atoms with E-state index >= 15 is 0 Å². The summed E-state index contributed by atoms with van der Waals surface area (Å²) in [7, 11) is 1.35. The fourth-order valence-electron chi connectivity index (χ4n) is 3.55. The molecule has 1 aromatic heterocycles. The van der Waals surface area contributed by atoms with Crippen molar-refractivity contribution in [3.63, 3.8) is 0 Å². The smallest absolute Gasteiger partial charge is 0.410 e. The highest BCUT2D eigenvalue weighted by Gasteiger charge is 2.30. The maximum absolute atomic E-state index is 13.0. The van der Waals surface area contributed by atoms with Gasteiger partial charge in [0.2, 0.25) is 0 Å². The van der Waals surface area contributed by atoms with Gasteiger partial charge >= 0.3 is 12.1 Å². The van der Waals surface area contributed by atoms with E-state index in [1.54, 1.807) is 33.9 Å². The highest BCUT2D eigenvalue weighted by atomic mass is 32.1. The molecule has 1 amide bonds. The molecule has 1 aliphatic heterocycles. The average molecular weight is 435 g/mol. The Bertz CT molecular complexity index is 1060. The number of esters is 1. The van der Waals surface area contributed by atoms with E-state index in [1.807, 2.05) is 47.8 Å². The molecular formula is C24H22N2O4S. The summed E-state index contributed by atoms with van der Waals surface area (Å²) in [6.45, 7) is 0.729. The number of thiazole rings is 1. The quantitative estimate of drug-likeness (QED) is 0.523. The average Bonchev–Trinajstić information content (AvgIpc) is 3.37. The highest BCUT2D eigenvalue weighted by Crippen LogP contribution is 2.34. The Morgan fingerprint density at radius 2 is 1.90 bits per heavy atom. The van der Waals surface area contributed by atoms with Crippen LogP contribution >= 0.6 is 11.3 Å². The molecule has 0 fully saturated rings. The maximum atomic E-state index is 13.0. The Labute approximate surface area is 184 Å². The molecule has 0 saturated heterocycles. The van der Waals surface area contributed by atoms with E-state index in [-0.39, 0.29) is 18.7 Å².